The molecule has 0 N–H and O–H groups in total. The van der Waals surface area contributed by atoms with E-state index in [2.05, 4.69) is 44.9 Å². The number of nitrogens with zero attached hydrogens (tertiary/aromatic N) is 2. The van der Waals surface area contributed by atoms with Crippen LogP contribution in [0.3, 0.4) is 0 Å². The average Bonchev–Trinajstić information content (AvgIpc) is 2.22. The van der Waals surface area contributed by atoms with Crippen molar-refractivity contribution in [1.29, 1.82) is 0 Å². The summed E-state index contributed by atoms with van der Waals surface area (Å²) in [4.78, 5) is 6.56. The Kier molecular flexibility index (Phi) is 3.72. The second kappa shape index (κ2) is 5.05. The summed E-state index contributed by atoms with van der Waals surface area (Å²) in [6, 6.07) is 4.64. The molecule has 1 atom stereocenters. The third-order valence-corrected chi connectivity index (χ3v) is 3.12. The summed E-state index contributed by atoms with van der Waals surface area (Å²) < 4.78 is 6.31. The lowest BCUT2D eigenvalue weighted by atomic mass is 10.2. The van der Waals surface area contributed by atoms with Crippen molar-refractivity contribution >= 4 is 15.9 Å². The first-order chi connectivity index (χ1) is 7.25. The van der Waals surface area contributed by atoms with Crippen LogP contribution in [0.4, 0.5) is 0 Å². The van der Waals surface area contributed by atoms with Crippen LogP contribution in [-0.2, 0) is 11.3 Å². The van der Waals surface area contributed by atoms with E-state index in [1.807, 2.05) is 6.20 Å². The molecule has 0 saturated carbocycles. The molecule has 0 aliphatic carbocycles. The normalized spacial score (nSPS) is 22.9. The molecule has 0 radical (unpaired) electrons. The molecule has 1 aliphatic rings. The van der Waals surface area contributed by atoms with Crippen molar-refractivity contribution in [2.45, 2.75) is 19.5 Å². The molecule has 2 heterocycles. The van der Waals surface area contributed by atoms with Crippen molar-refractivity contribution in [3.63, 3.8) is 0 Å². The van der Waals surface area contributed by atoms with Gasteiger partial charge in [-0.1, -0.05) is 0 Å². The zero-order chi connectivity index (χ0) is 10.7. The van der Waals surface area contributed by atoms with E-state index in [-0.39, 0.29) is 0 Å². The maximum Gasteiger partial charge on any atom is 0.106 e. The molecule has 0 amide bonds. The Labute approximate surface area is 98.6 Å². The fourth-order valence-corrected chi connectivity index (χ4v) is 2.18. The van der Waals surface area contributed by atoms with Crippen LogP contribution in [0, 0.1) is 0 Å². The summed E-state index contributed by atoms with van der Waals surface area (Å²) >= 11 is 3.39. The zero-order valence-corrected chi connectivity index (χ0v) is 10.4. The van der Waals surface area contributed by atoms with Crippen LogP contribution in [0.15, 0.2) is 22.9 Å². The lowest BCUT2D eigenvalue weighted by Gasteiger charge is -2.33. The number of hydrogen-bond acceptors (Lipinski definition) is 3. The summed E-state index contributed by atoms with van der Waals surface area (Å²) in [5.41, 5.74) is 1.30. The summed E-state index contributed by atoms with van der Waals surface area (Å²) in [6.45, 7) is 5.88. The molecule has 1 saturated heterocycles. The molecular weight excluding hydrogens is 256 g/mol. The molecule has 1 aromatic heterocycles. The predicted octanol–water partition coefficient (Wildman–Crippen LogP) is 2.06. The largest absolute Gasteiger partial charge is 0.379 e. The minimum Gasteiger partial charge on any atom is -0.379 e. The molecule has 15 heavy (non-hydrogen) atoms. The highest BCUT2D eigenvalue weighted by molar-refractivity contribution is 9.10. The van der Waals surface area contributed by atoms with E-state index < -0.39 is 0 Å². The Morgan fingerprint density at radius 2 is 2.53 bits per heavy atom. The Morgan fingerprint density at radius 1 is 1.67 bits per heavy atom. The van der Waals surface area contributed by atoms with E-state index in [1.165, 1.54) is 5.56 Å². The molecule has 0 unspecified atom stereocenters. The zero-order valence-electron chi connectivity index (χ0n) is 8.82. The van der Waals surface area contributed by atoms with Gasteiger partial charge in [0.25, 0.3) is 0 Å². The van der Waals surface area contributed by atoms with Gasteiger partial charge in [-0.25, -0.2) is 4.98 Å². The second-order valence-corrected chi connectivity index (χ2v) is 4.69. The highest BCUT2D eigenvalue weighted by atomic mass is 79.9. The van der Waals surface area contributed by atoms with Crippen molar-refractivity contribution in [3.05, 3.63) is 28.5 Å². The maximum atomic E-state index is 5.41. The highest BCUT2D eigenvalue weighted by Crippen LogP contribution is 2.14. The lowest BCUT2D eigenvalue weighted by Crippen LogP contribution is -2.42. The first-order valence-corrected chi connectivity index (χ1v) is 5.97. The van der Waals surface area contributed by atoms with Crippen LogP contribution >= 0.6 is 15.9 Å². The van der Waals surface area contributed by atoms with Gasteiger partial charge in [-0.3, -0.25) is 4.90 Å². The molecular formula is C11H15BrN2O. The molecule has 82 valence electrons. The number of morpholine rings is 1. The van der Waals surface area contributed by atoms with E-state index in [0.717, 1.165) is 30.9 Å². The maximum absolute atomic E-state index is 5.41. The van der Waals surface area contributed by atoms with Crippen LogP contribution in [0.2, 0.25) is 0 Å². The predicted molar refractivity (Wildman–Crippen MR) is 62.6 cm³/mol. The van der Waals surface area contributed by atoms with Crippen molar-refractivity contribution in [2.24, 2.45) is 0 Å². The van der Waals surface area contributed by atoms with E-state index in [9.17, 15) is 0 Å². The quantitative estimate of drug-likeness (QED) is 0.770. The Hall–Kier alpha value is -0.450. The Balaban J connectivity index is 2.01. The topological polar surface area (TPSA) is 25.4 Å². The number of pyridine rings is 1. The summed E-state index contributed by atoms with van der Waals surface area (Å²) in [7, 11) is 0. The molecule has 0 bridgehead atoms. The minimum absolute atomic E-state index is 0.505. The summed E-state index contributed by atoms with van der Waals surface area (Å²) in [5.74, 6) is 0. The first-order valence-electron chi connectivity index (χ1n) is 5.18. The molecule has 1 aromatic rings. The highest BCUT2D eigenvalue weighted by Gasteiger charge is 2.18. The number of rotatable bonds is 2. The van der Waals surface area contributed by atoms with Crippen LogP contribution in [-0.4, -0.2) is 35.7 Å². The number of aromatic nitrogens is 1. The molecule has 1 fully saturated rings. The Bertz CT molecular complexity index is 332. The lowest BCUT2D eigenvalue weighted by molar-refractivity contribution is -0.00438. The third kappa shape index (κ3) is 3.00. The van der Waals surface area contributed by atoms with E-state index in [1.54, 1.807) is 0 Å². The van der Waals surface area contributed by atoms with Gasteiger partial charge in [-0.15, -0.1) is 0 Å². The fraction of sp³-hybridized carbons (Fsp3) is 0.545. The molecule has 2 rings (SSSR count). The van der Waals surface area contributed by atoms with Gasteiger partial charge in [0.15, 0.2) is 0 Å². The van der Waals surface area contributed by atoms with Crippen LogP contribution in [0.25, 0.3) is 0 Å². The van der Waals surface area contributed by atoms with Crippen LogP contribution < -0.4 is 0 Å². The standard InChI is InChI=1S/C11H15BrN2O/c1-9-8-15-5-4-14(9)7-10-2-3-13-11(12)6-10/h2-3,6,9H,4-5,7-8H2,1H3/t9-/m1/s1. The first kappa shape index (κ1) is 11.0. The molecule has 4 heteroatoms. The van der Waals surface area contributed by atoms with Gasteiger partial charge >= 0.3 is 0 Å². The Morgan fingerprint density at radius 3 is 3.27 bits per heavy atom. The summed E-state index contributed by atoms with van der Waals surface area (Å²) in [6.07, 6.45) is 1.84. The second-order valence-electron chi connectivity index (χ2n) is 3.88. The van der Waals surface area contributed by atoms with Crippen molar-refractivity contribution in [3.8, 4) is 0 Å². The van der Waals surface area contributed by atoms with Gasteiger partial charge < -0.3 is 4.74 Å². The van der Waals surface area contributed by atoms with Crippen molar-refractivity contribution in [2.75, 3.05) is 19.8 Å². The molecule has 1 aliphatic heterocycles. The van der Waals surface area contributed by atoms with E-state index in [4.69, 9.17) is 4.74 Å². The average molecular weight is 271 g/mol. The van der Waals surface area contributed by atoms with Crippen molar-refractivity contribution in [1.82, 2.24) is 9.88 Å². The monoisotopic (exact) mass is 270 g/mol. The van der Waals surface area contributed by atoms with Crippen molar-refractivity contribution < 1.29 is 4.74 Å². The van der Waals surface area contributed by atoms with Gasteiger partial charge in [0.05, 0.1) is 13.2 Å². The number of halogens is 1. The molecule has 0 spiro atoms. The van der Waals surface area contributed by atoms with Gasteiger partial charge in [0.1, 0.15) is 4.60 Å². The number of ether oxygens (including phenoxy) is 1. The van der Waals surface area contributed by atoms with Crippen LogP contribution in [0.5, 0.6) is 0 Å². The molecule has 0 aromatic carbocycles. The molecule has 3 nitrogen and oxygen atoms in total. The van der Waals surface area contributed by atoms with E-state index in [0.29, 0.717) is 6.04 Å². The van der Waals surface area contributed by atoms with Gasteiger partial charge in [0.2, 0.25) is 0 Å². The smallest absolute Gasteiger partial charge is 0.106 e. The van der Waals surface area contributed by atoms with Gasteiger partial charge in [-0.2, -0.15) is 0 Å². The number of hydrogen-bond donors (Lipinski definition) is 0. The minimum atomic E-state index is 0.505. The van der Waals surface area contributed by atoms with E-state index >= 15 is 0 Å². The van der Waals surface area contributed by atoms with Gasteiger partial charge in [0, 0.05) is 25.3 Å². The van der Waals surface area contributed by atoms with Crippen LogP contribution in [0.1, 0.15) is 12.5 Å². The van der Waals surface area contributed by atoms with Gasteiger partial charge in [-0.05, 0) is 40.5 Å². The fourth-order valence-electron chi connectivity index (χ4n) is 1.77. The summed E-state index contributed by atoms with van der Waals surface area (Å²) in [5, 5.41) is 0. The SMILES string of the molecule is C[C@@H]1COCCN1Cc1ccnc(Br)c1. The third-order valence-electron chi connectivity index (χ3n) is 2.68.